The lowest BCUT2D eigenvalue weighted by molar-refractivity contribution is -0.119. The van der Waals surface area contributed by atoms with E-state index in [0.717, 1.165) is 5.56 Å². The normalized spacial score (nSPS) is 13.3. The number of aromatic nitrogens is 1. The summed E-state index contributed by atoms with van der Waals surface area (Å²) in [5.41, 5.74) is 12.1. The summed E-state index contributed by atoms with van der Waals surface area (Å²) < 4.78 is 5.19. The first-order valence-corrected chi connectivity index (χ1v) is 7.36. The number of oxazole rings is 1. The van der Waals surface area contributed by atoms with Crippen LogP contribution in [0.5, 0.6) is 0 Å². The van der Waals surface area contributed by atoms with Crippen LogP contribution in [0.3, 0.4) is 0 Å². The van der Waals surface area contributed by atoms with Crippen LogP contribution >= 0.6 is 0 Å². The van der Waals surface area contributed by atoms with Crippen LogP contribution in [0, 0.1) is 0 Å². The monoisotopic (exact) mass is 316 g/mol. The molecular weight excluding hydrogens is 296 g/mol. The summed E-state index contributed by atoms with van der Waals surface area (Å²) >= 11 is 0. The average molecular weight is 316 g/mol. The molecule has 1 aromatic carbocycles. The highest BCUT2D eigenvalue weighted by atomic mass is 16.3. The maximum absolute atomic E-state index is 12.2. The molecule has 2 amide bonds. The topological polar surface area (TPSA) is 124 Å². The Bertz CT molecular complexity index is 669. The fourth-order valence-corrected chi connectivity index (χ4v) is 2.04. The van der Waals surface area contributed by atoms with Crippen molar-refractivity contribution in [3.63, 3.8) is 0 Å². The lowest BCUT2D eigenvalue weighted by atomic mass is 10.1. The first kappa shape index (κ1) is 16.7. The third-order valence-electron chi connectivity index (χ3n) is 3.44. The van der Waals surface area contributed by atoms with Gasteiger partial charge in [0.25, 0.3) is 5.91 Å². The van der Waals surface area contributed by atoms with E-state index >= 15 is 0 Å². The van der Waals surface area contributed by atoms with Crippen molar-refractivity contribution in [2.75, 3.05) is 0 Å². The second kappa shape index (κ2) is 7.55. The van der Waals surface area contributed by atoms with Crippen molar-refractivity contribution in [2.24, 2.45) is 11.5 Å². The maximum atomic E-state index is 12.2. The van der Waals surface area contributed by atoms with Crippen molar-refractivity contribution in [1.29, 1.82) is 0 Å². The van der Waals surface area contributed by atoms with Crippen LogP contribution in [0.4, 0.5) is 0 Å². The van der Waals surface area contributed by atoms with Gasteiger partial charge in [-0.3, -0.25) is 9.59 Å². The largest absolute Gasteiger partial charge is 0.446 e. The molecule has 2 atom stereocenters. The van der Waals surface area contributed by atoms with Crippen LogP contribution < -0.4 is 16.8 Å². The molecule has 0 saturated heterocycles. The highest BCUT2D eigenvalue weighted by molar-refractivity contribution is 5.95. The van der Waals surface area contributed by atoms with Crippen molar-refractivity contribution in [3.8, 4) is 0 Å². The Morgan fingerprint density at radius 3 is 2.61 bits per heavy atom. The minimum Gasteiger partial charge on any atom is -0.446 e. The molecule has 23 heavy (non-hydrogen) atoms. The highest BCUT2D eigenvalue weighted by Gasteiger charge is 2.22. The van der Waals surface area contributed by atoms with E-state index in [4.69, 9.17) is 15.9 Å². The van der Waals surface area contributed by atoms with Crippen molar-refractivity contribution in [1.82, 2.24) is 10.3 Å². The zero-order chi connectivity index (χ0) is 16.8. The Labute approximate surface area is 134 Å². The highest BCUT2D eigenvalue weighted by Crippen LogP contribution is 2.13. The van der Waals surface area contributed by atoms with E-state index in [1.165, 1.54) is 6.26 Å². The summed E-state index contributed by atoms with van der Waals surface area (Å²) in [5, 5.41) is 2.57. The number of nitrogens with zero attached hydrogens (tertiary/aromatic N) is 1. The molecule has 0 bridgehead atoms. The van der Waals surface area contributed by atoms with E-state index in [1.54, 1.807) is 0 Å². The van der Waals surface area contributed by atoms with Crippen molar-refractivity contribution < 1.29 is 14.0 Å². The lowest BCUT2D eigenvalue weighted by Crippen LogP contribution is -2.46. The van der Waals surface area contributed by atoms with E-state index in [-0.39, 0.29) is 17.6 Å². The molecule has 2 rings (SSSR count). The molecule has 2 unspecified atom stereocenters. The van der Waals surface area contributed by atoms with Crippen LogP contribution in [0.15, 0.2) is 41.0 Å². The Kier molecular flexibility index (Phi) is 5.48. The molecule has 5 N–H and O–H groups in total. The van der Waals surface area contributed by atoms with Gasteiger partial charge in [0.2, 0.25) is 11.8 Å². The van der Waals surface area contributed by atoms with Gasteiger partial charge >= 0.3 is 0 Å². The summed E-state index contributed by atoms with van der Waals surface area (Å²) in [6, 6.07) is 8.09. The van der Waals surface area contributed by atoms with E-state index < -0.39 is 17.9 Å². The summed E-state index contributed by atoms with van der Waals surface area (Å²) in [6.45, 7) is 1.89. The van der Waals surface area contributed by atoms with Gasteiger partial charge in [0.05, 0.1) is 6.04 Å². The molecule has 7 heteroatoms. The van der Waals surface area contributed by atoms with Crippen molar-refractivity contribution >= 4 is 11.8 Å². The second-order valence-corrected chi connectivity index (χ2v) is 5.20. The SMILES string of the molecule is CCC(N)c1nc(C(=O)NC(Cc2ccccc2)C(N)=O)co1. The Hall–Kier alpha value is -2.67. The zero-order valence-corrected chi connectivity index (χ0v) is 12.9. The number of nitrogens with two attached hydrogens (primary N) is 2. The Morgan fingerprint density at radius 1 is 1.30 bits per heavy atom. The van der Waals surface area contributed by atoms with Crippen LogP contribution in [0.25, 0.3) is 0 Å². The molecular formula is C16H20N4O3. The predicted molar refractivity (Wildman–Crippen MR) is 84.3 cm³/mol. The van der Waals surface area contributed by atoms with Gasteiger partial charge in [0.15, 0.2) is 5.69 Å². The van der Waals surface area contributed by atoms with Crippen LogP contribution in [-0.2, 0) is 11.2 Å². The molecule has 1 heterocycles. The van der Waals surface area contributed by atoms with E-state index in [0.29, 0.717) is 12.8 Å². The lowest BCUT2D eigenvalue weighted by Gasteiger charge is -2.14. The molecule has 1 aromatic heterocycles. The number of carbonyl (C=O) groups excluding carboxylic acids is 2. The molecule has 0 radical (unpaired) electrons. The number of carbonyl (C=O) groups is 2. The van der Waals surface area contributed by atoms with E-state index in [1.807, 2.05) is 37.3 Å². The number of nitrogens with one attached hydrogen (secondary N) is 1. The molecule has 122 valence electrons. The molecule has 0 saturated carbocycles. The summed E-state index contributed by atoms with van der Waals surface area (Å²) in [6.07, 6.45) is 2.17. The molecule has 0 aliphatic carbocycles. The van der Waals surface area contributed by atoms with Gasteiger partial charge < -0.3 is 21.2 Å². The molecule has 0 aliphatic heterocycles. The van der Waals surface area contributed by atoms with Crippen molar-refractivity contribution in [3.05, 3.63) is 53.7 Å². The number of hydrogen-bond acceptors (Lipinski definition) is 5. The minimum atomic E-state index is -0.829. The quantitative estimate of drug-likeness (QED) is 0.700. The molecule has 2 aromatic rings. The smallest absolute Gasteiger partial charge is 0.273 e. The molecule has 0 spiro atoms. The number of benzene rings is 1. The number of hydrogen-bond donors (Lipinski definition) is 3. The third kappa shape index (κ3) is 4.40. The van der Waals surface area contributed by atoms with Crippen LogP contribution in [0.2, 0.25) is 0 Å². The van der Waals surface area contributed by atoms with Crippen molar-refractivity contribution in [2.45, 2.75) is 31.8 Å². The average Bonchev–Trinajstić information content (AvgIpc) is 3.04. The summed E-state index contributed by atoms with van der Waals surface area (Å²) in [4.78, 5) is 27.8. The number of rotatable bonds is 7. The van der Waals surface area contributed by atoms with E-state index in [9.17, 15) is 9.59 Å². The molecule has 0 fully saturated rings. The summed E-state index contributed by atoms with van der Waals surface area (Å²) in [5.74, 6) is -0.851. The van der Waals surface area contributed by atoms with Gasteiger partial charge in [-0.25, -0.2) is 4.98 Å². The predicted octanol–water partition coefficient (Wildman–Crippen LogP) is 0.911. The van der Waals surface area contributed by atoms with Gasteiger partial charge in [-0.05, 0) is 12.0 Å². The minimum absolute atomic E-state index is 0.0724. The third-order valence-corrected chi connectivity index (χ3v) is 3.44. The van der Waals surface area contributed by atoms with Crippen LogP contribution in [-0.4, -0.2) is 22.8 Å². The zero-order valence-electron chi connectivity index (χ0n) is 12.9. The first-order valence-electron chi connectivity index (χ1n) is 7.36. The van der Waals surface area contributed by atoms with E-state index in [2.05, 4.69) is 10.3 Å². The Balaban J connectivity index is 2.06. The standard InChI is InChI=1S/C16H20N4O3/c1-2-11(17)16-20-13(9-23-16)15(22)19-12(14(18)21)8-10-6-4-3-5-7-10/h3-7,9,11-12H,2,8,17H2,1H3,(H2,18,21)(H,19,22). The fourth-order valence-electron chi connectivity index (χ4n) is 2.04. The summed E-state index contributed by atoms with van der Waals surface area (Å²) in [7, 11) is 0. The van der Waals surface area contributed by atoms with Gasteiger partial charge in [-0.2, -0.15) is 0 Å². The first-order chi connectivity index (χ1) is 11.0. The molecule has 7 nitrogen and oxygen atoms in total. The number of primary amides is 1. The van der Waals surface area contributed by atoms with Gasteiger partial charge in [-0.15, -0.1) is 0 Å². The van der Waals surface area contributed by atoms with Gasteiger partial charge in [0, 0.05) is 6.42 Å². The maximum Gasteiger partial charge on any atom is 0.273 e. The van der Waals surface area contributed by atoms with Gasteiger partial charge in [0.1, 0.15) is 12.3 Å². The second-order valence-electron chi connectivity index (χ2n) is 5.20. The van der Waals surface area contributed by atoms with Gasteiger partial charge in [-0.1, -0.05) is 37.3 Å². The molecule has 0 aliphatic rings. The fraction of sp³-hybridized carbons (Fsp3) is 0.312. The Morgan fingerprint density at radius 2 is 2.00 bits per heavy atom. The van der Waals surface area contributed by atoms with Crippen LogP contribution in [0.1, 0.15) is 41.3 Å². The number of amides is 2.